The van der Waals surface area contributed by atoms with Crippen LogP contribution in [-0.2, 0) is 6.18 Å². The number of nitrogens with zero attached hydrogens (tertiary/aromatic N) is 1. The minimum Gasteiger partial charge on any atom is -0.384 e. The molecule has 1 aromatic carbocycles. The van der Waals surface area contributed by atoms with Gasteiger partial charge < -0.3 is 5.11 Å². The average molecular weight is 295 g/mol. The van der Waals surface area contributed by atoms with E-state index < -0.39 is 17.8 Å². The summed E-state index contributed by atoms with van der Waals surface area (Å²) in [4.78, 5) is 3.69. The predicted molar refractivity (Wildman–Crippen MR) is 73.8 cm³/mol. The molecule has 0 aliphatic heterocycles. The summed E-state index contributed by atoms with van der Waals surface area (Å²) in [7, 11) is 0. The van der Waals surface area contributed by atoms with Gasteiger partial charge in [-0.05, 0) is 23.1 Å². The zero-order chi connectivity index (χ0) is 15.6. The first-order valence-corrected chi connectivity index (χ1v) is 6.59. The smallest absolute Gasteiger partial charge is 0.384 e. The number of alkyl halides is 3. The largest absolute Gasteiger partial charge is 0.416 e. The van der Waals surface area contributed by atoms with Crippen molar-refractivity contribution in [2.75, 3.05) is 0 Å². The molecular weight excluding hydrogens is 279 g/mol. The molecule has 1 N–H and O–H groups in total. The molecule has 0 fully saturated rings. The number of benzene rings is 1. The van der Waals surface area contributed by atoms with Crippen LogP contribution in [0.1, 0.15) is 48.1 Å². The molecule has 2 nitrogen and oxygen atoms in total. The maximum Gasteiger partial charge on any atom is 0.416 e. The van der Waals surface area contributed by atoms with Crippen molar-refractivity contribution in [2.45, 2.75) is 32.0 Å². The van der Waals surface area contributed by atoms with Crippen LogP contribution in [0.4, 0.5) is 13.2 Å². The molecule has 0 aliphatic rings. The summed E-state index contributed by atoms with van der Waals surface area (Å²) in [6.07, 6.45) is -3.74. The van der Waals surface area contributed by atoms with Crippen LogP contribution in [0.5, 0.6) is 0 Å². The zero-order valence-corrected chi connectivity index (χ0v) is 11.7. The number of aliphatic hydroxyl groups excluding tert-OH is 1. The summed E-state index contributed by atoms with van der Waals surface area (Å²) in [5.74, 6) is 0.320. The van der Waals surface area contributed by atoms with Crippen molar-refractivity contribution >= 4 is 0 Å². The first kappa shape index (κ1) is 15.5. The lowest BCUT2D eigenvalue weighted by molar-refractivity contribution is -0.139. The third-order valence-electron chi connectivity index (χ3n) is 3.37. The van der Waals surface area contributed by atoms with Crippen molar-refractivity contribution < 1.29 is 18.3 Å². The van der Waals surface area contributed by atoms with E-state index in [0.717, 1.165) is 24.0 Å². The second-order valence-electron chi connectivity index (χ2n) is 5.18. The molecule has 0 aliphatic carbocycles. The van der Waals surface area contributed by atoms with Crippen molar-refractivity contribution in [3.63, 3.8) is 0 Å². The molecule has 21 heavy (non-hydrogen) atoms. The SMILES string of the molecule is CC(C)c1ccc(C(O)c2cnccc2C(F)(F)F)cc1. The van der Waals surface area contributed by atoms with Crippen molar-refractivity contribution in [1.29, 1.82) is 0 Å². The van der Waals surface area contributed by atoms with Gasteiger partial charge in [0.05, 0.1) is 5.56 Å². The maximum absolute atomic E-state index is 13.0. The highest BCUT2D eigenvalue weighted by molar-refractivity contribution is 5.36. The molecule has 1 aromatic heterocycles. The van der Waals surface area contributed by atoms with Crippen LogP contribution < -0.4 is 0 Å². The summed E-state index contributed by atoms with van der Waals surface area (Å²) in [5, 5.41) is 10.2. The fourth-order valence-corrected chi connectivity index (χ4v) is 2.13. The minimum absolute atomic E-state index is 0.234. The Bertz CT molecular complexity index is 606. The van der Waals surface area contributed by atoms with Gasteiger partial charge in [0.15, 0.2) is 0 Å². The van der Waals surface area contributed by atoms with Gasteiger partial charge in [-0.25, -0.2) is 0 Å². The highest BCUT2D eigenvalue weighted by Crippen LogP contribution is 2.36. The first-order chi connectivity index (χ1) is 9.80. The van der Waals surface area contributed by atoms with E-state index in [9.17, 15) is 18.3 Å². The van der Waals surface area contributed by atoms with Gasteiger partial charge in [0.2, 0.25) is 0 Å². The molecule has 0 saturated heterocycles. The van der Waals surface area contributed by atoms with Gasteiger partial charge in [-0.1, -0.05) is 38.1 Å². The fourth-order valence-electron chi connectivity index (χ4n) is 2.13. The Hall–Kier alpha value is -1.88. The number of aromatic nitrogens is 1. The molecule has 1 heterocycles. The Kier molecular flexibility index (Phi) is 4.32. The van der Waals surface area contributed by atoms with Gasteiger partial charge >= 0.3 is 6.18 Å². The highest BCUT2D eigenvalue weighted by atomic mass is 19.4. The monoisotopic (exact) mass is 295 g/mol. The van der Waals surface area contributed by atoms with Crippen molar-refractivity contribution in [2.24, 2.45) is 0 Å². The molecular formula is C16H16F3NO. The number of rotatable bonds is 3. The van der Waals surface area contributed by atoms with Crippen LogP contribution in [0, 0.1) is 0 Å². The molecule has 1 atom stereocenters. The Balaban J connectivity index is 2.38. The van der Waals surface area contributed by atoms with E-state index in [-0.39, 0.29) is 5.56 Å². The zero-order valence-electron chi connectivity index (χ0n) is 11.7. The van der Waals surface area contributed by atoms with Crippen LogP contribution in [0.3, 0.4) is 0 Å². The molecule has 0 spiro atoms. The molecule has 2 rings (SSSR count). The molecule has 0 radical (unpaired) electrons. The lowest BCUT2D eigenvalue weighted by Gasteiger charge is -2.17. The number of pyridine rings is 1. The van der Waals surface area contributed by atoms with Gasteiger partial charge in [-0.3, -0.25) is 4.98 Å². The van der Waals surface area contributed by atoms with Gasteiger partial charge in [-0.2, -0.15) is 13.2 Å². The van der Waals surface area contributed by atoms with E-state index in [0.29, 0.717) is 11.5 Å². The van der Waals surface area contributed by atoms with E-state index in [2.05, 4.69) is 4.98 Å². The fraction of sp³-hybridized carbons (Fsp3) is 0.312. The van der Waals surface area contributed by atoms with Crippen LogP contribution in [0.15, 0.2) is 42.7 Å². The van der Waals surface area contributed by atoms with Crippen LogP contribution >= 0.6 is 0 Å². The quantitative estimate of drug-likeness (QED) is 0.915. The third kappa shape index (κ3) is 3.42. The molecule has 2 aromatic rings. The van der Waals surface area contributed by atoms with Gasteiger partial charge in [-0.15, -0.1) is 0 Å². The average Bonchev–Trinajstić information content (AvgIpc) is 2.45. The summed E-state index contributed by atoms with van der Waals surface area (Å²) < 4.78 is 38.9. The van der Waals surface area contributed by atoms with Crippen LogP contribution in [0.25, 0.3) is 0 Å². The van der Waals surface area contributed by atoms with E-state index in [4.69, 9.17) is 0 Å². The molecule has 0 amide bonds. The lowest BCUT2D eigenvalue weighted by atomic mass is 9.95. The van der Waals surface area contributed by atoms with Gasteiger partial charge in [0, 0.05) is 18.0 Å². The third-order valence-corrected chi connectivity index (χ3v) is 3.37. The Morgan fingerprint density at radius 3 is 2.10 bits per heavy atom. The van der Waals surface area contributed by atoms with E-state index in [1.807, 2.05) is 26.0 Å². The van der Waals surface area contributed by atoms with Crippen molar-refractivity contribution in [3.05, 3.63) is 65.0 Å². The maximum atomic E-state index is 13.0. The standard InChI is InChI=1S/C16H16F3NO/c1-10(2)11-3-5-12(6-4-11)15(21)13-9-20-8-7-14(13)16(17,18)19/h3-10,15,21H,1-2H3. The number of halogens is 3. The predicted octanol–water partition coefficient (Wildman–Crippen LogP) is 4.31. The summed E-state index contributed by atoms with van der Waals surface area (Å²) in [6, 6.07) is 7.79. The summed E-state index contributed by atoms with van der Waals surface area (Å²) >= 11 is 0. The topological polar surface area (TPSA) is 33.1 Å². The number of hydrogen-bond acceptors (Lipinski definition) is 2. The lowest BCUT2D eigenvalue weighted by Crippen LogP contribution is -2.13. The normalized spacial score (nSPS) is 13.5. The molecule has 0 bridgehead atoms. The molecule has 112 valence electrons. The first-order valence-electron chi connectivity index (χ1n) is 6.59. The minimum atomic E-state index is -4.52. The second kappa shape index (κ2) is 5.85. The molecule has 5 heteroatoms. The summed E-state index contributed by atoms with van der Waals surface area (Å²) in [6.45, 7) is 4.04. The number of aliphatic hydroxyl groups is 1. The van der Waals surface area contributed by atoms with Crippen LogP contribution in [0.2, 0.25) is 0 Å². The highest BCUT2D eigenvalue weighted by Gasteiger charge is 2.35. The number of hydrogen-bond donors (Lipinski definition) is 1. The van der Waals surface area contributed by atoms with E-state index >= 15 is 0 Å². The summed E-state index contributed by atoms with van der Waals surface area (Å²) in [5.41, 5.74) is 0.381. The van der Waals surface area contributed by atoms with Crippen molar-refractivity contribution in [3.8, 4) is 0 Å². The van der Waals surface area contributed by atoms with Crippen LogP contribution in [-0.4, -0.2) is 10.1 Å². The Morgan fingerprint density at radius 2 is 1.57 bits per heavy atom. The van der Waals surface area contributed by atoms with E-state index in [1.54, 1.807) is 12.1 Å². The van der Waals surface area contributed by atoms with Crippen molar-refractivity contribution in [1.82, 2.24) is 4.98 Å². The van der Waals surface area contributed by atoms with Gasteiger partial charge in [0.1, 0.15) is 6.10 Å². The van der Waals surface area contributed by atoms with Gasteiger partial charge in [0.25, 0.3) is 0 Å². The van der Waals surface area contributed by atoms with E-state index in [1.165, 1.54) is 0 Å². The molecule has 0 saturated carbocycles. The Morgan fingerprint density at radius 1 is 1.00 bits per heavy atom. The second-order valence-corrected chi connectivity index (χ2v) is 5.18. The Labute approximate surface area is 121 Å². The molecule has 1 unspecified atom stereocenters.